The first-order valence-corrected chi connectivity index (χ1v) is 6.41. The van der Waals surface area contributed by atoms with Gasteiger partial charge in [0.15, 0.2) is 0 Å². The molecule has 0 fully saturated rings. The molecule has 0 bridgehead atoms. The number of aliphatic hydroxyl groups excluding tert-OH is 1. The Morgan fingerprint density at radius 1 is 1.16 bits per heavy atom. The first-order chi connectivity index (χ1) is 9.01. The van der Waals surface area contributed by atoms with Crippen LogP contribution in [0.15, 0.2) is 18.2 Å². The number of benzene rings is 1. The molecule has 0 atom stereocenters. The Labute approximate surface area is 114 Å². The molecule has 3 nitrogen and oxygen atoms in total. The molecule has 2 aromatic rings. The largest absolute Gasteiger partial charge is 0.496 e. The third-order valence-corrected chi connectivity index (χ3v) is 4.04. The predicted octanol–water partition coefficient (Wildman–Crippen LogP) is 3.12. The SMILES string of the molecule is COc1ccc(-c2cc(CO)c(C)n2C)c(C)c1C. The van der Waals surface area contributed by atoms with Gasteiger partial charge in [0.2, 0.25) is 0 Å². The van der Waals surface area contributed by atoms with Gasteiger partial charge >= 0.3 is 0 Å². The lowest BCUT2D eigenvalue weighted by Crippen LogP contribution is -1.98. The van der Waals surface area contributed by atoms with E-state index in [4.69, 9.17) is 4.74 Å². The van der Waals surface area contributed by atoms with Gasteiger partial charge in [-0.15, -0.1) is 0 Å². The van der Waals surface area contributed by atoms with E-state index < -0.39 is 0 Å². The number of hydrogen-bond acceptors (Lipinski definition) is 2. The molecule has 1 N–H and O–H groups in total. The van der Waals surface area contributed by atoms with Crippen LogP contribution < -0.4 is 4.74 Å². The highest BCUT2D eigenvalue weighted by Gasteiger charge is 2.14. The summed E-state index contributed by atoms with van der Waals surface area (Å²) in [7, 11) is 3.72. The minimum Gasteiger partial charge on any atom is -0.496 e. The molecule has 0 saturated heterocycles. The van der Waals surface area contributed by atoms with Gasteiger partial charge in [-0.05, 0) is 55.7 Å². The number of aromatic nitrogens is 1. The van der Waals surface area contributed by atoms with E-state index in [1.54, 1.807) is 7.11 Å². The maximum absolute atomic E-state index is 9.38. The lowest BCUT2D eigenvalue weighted by molar-refractivity contribution is 0.281. The maximum atomic E-state index is 9.38. The molecule has 0 aliphatic rings. The van der Waals surface area contributed by atoms with Gasteiger partial charge in [0, 0.05) is 24.0 Å². The second-order valence-electron chi connectivity index (χ2n) is 4.92. The van der Waals surface area contributed by atoms with Gasteiger partial charge in [-0.1, -0.05) is 0 Å². The Morgan fingerprint density at radius 2 is 1.84 bits per heavy atom. The molecular weight excluding hydrogens is 238 g/mol. The molecule has 0 unspecified atom stereocenters. The van der Waals surface area contributed by atoms with Crippen LogP contribution in [0.3, 0.4) is 0 Å². The Bertz CT molecular complexity index is 612. The Kier molecular flexibility index (Phi) is 3.67. The molecule has 1 heterocycles. The molecule has 1 aromatic carbocycles. The number of nitrogens with zero attached hydrogens (tertiary/aromatic N) is 1. The fraction of sp³-hybridized carbons (Fsp3) is 0.375. The first kappa shape index (κ1) is 13.7. The maximum Gasteiger partial charge on any atom is 0.122 e. The minimum atomic E-state index is 0.0772. The van der Waals surface area contributed by atoms with Crippen LogP contribution in [-0.4, -0.2) is 16.8 Å². The summed E-state index contributed by atoms with van der Waals surface area (Å²) in [5, 5.41) is 9.38. The van der Waals surface area contributed by atoms with Gasteiger partial charge in [0.1, 0.15) is 5.75 Å². The summed E-state index contributed by atoms with van der Waals surface area (Å²) in [4.78, 5) is 0. The molecule has 0 amide bonds. The van der Waals surface area contributed by atoms with Crippen LogP contribution in [0.25, 0.3) is 11.3 Å². The third-order valence-electron chi connectivity index (χ3n) is 4.04. The van der Waals surface area contributed by atoms with E-state index in [2.05, 4.69) is 30.5 Å². The van der Waals surface area contributed by atoms with E-state index in [1.165, 1.54) is 11.1 Å². The van der Waals surface area contributed by atoms with E-state index in [0.29, 0.717) is 0 Å². The standard InChI is InChI=1S/C16H21NO2/c1-10-11(2)16(19-5)7-6-14(10)15-8-13(9-18)12(3)17(15)4/h6-8,18H,9H2,1-5H3. The van der Waals surface area contributed by atoms with E-state index in [-0.39, 0.29) is 6.61 Å². The van der Waals surface area contributed by atoms with Crippen LogP contribution in [0.2, 0.25) is 0 Å². The number of aliphatic hydroxyl groups is 1. The average molecular weight is 259 g/mol. The van der Waals surface area contributed by atoms with Crippen LogP contribution >= 0.6 is 0 Å². The molecule has 3 heteroatoms. The summed E-state index contributed by atoms with van der Waals surface area (Å²) in [6.07, 6.45) is 0. The molecule has 102 valence electrons. The van der Waals surface area contributed by atoms with Crippen molar-refractivity contribution in [2.24, 2.45) is 7.05 Å². The van der Waals surface area contributed by atoms with E-state index in [1.807, 2.05) is 20.0 Å². The van der Waals surface area contributed by atoms with Crippen LogP contribution in [0, 0.1) is 20.8 Å². The summed E-state index contributed by atoms with van der Waals surface area (Å²) < 4.78 is 7.48. The average Bonchev–Trinajstić information content (AvgIpc) is 2.69. The molecule has 0 saturated carbocycles. The fourth-order valence-corrected chi connectivity index (χ4v) is 2.48. The number of ether oxygens (including phenoxy) is 1. The number of methoxy groups -OCH3 is 1. The Balaban J connectivity index is 2.63. The van der Waals surface area contributed by atoms with Gasteiger partial charge in [0.25, 0.3) is 0 Å². The number of rotatable bonds is 3. The number of hydrogen-bond donors (Lipinski definition) is 1. The summed E-state index contributed by atoms with van der Waals surface area (Å²) in [5.74, 6) is 0.912. The van der Waals surface area contributed by atoms with Crippen molar-refractivity contribution in [1.82, 2.24) is 4.57 Å². The summed E-state index contributed by atoms with van der Waals surface area (Å²) >= 11 is 0. The summed E-state index contributed by atoms with van der Waals surface area (Å²) in [6, 6.07) is 6.14. The smallest absolute Gasteiger partial charge is 0.122 e. The van der Waals surface area contributed by atoms with Crippen molar-refractivity contribution >= 4 is 0 Å². The van der Waals surface area contributed by atoms with Gasteiger partial charge < -0.3 is 14.4 Å². The zero-order valence-electron chi connectivity index (χ0n) is 12.2. The molecular formula is C16H21NO2. The van der Waals surface area contributed by atoms with E-state index >= 15 is 0 Å². The highest BCUT2D eigenvalue weighted by molar-refractivity contribution is 5.69. The fourth-order valence-electron chi connectivity index (χ4n) is 2.48. The zero-order valence-corrected chi connectivity index (χ0v) is 12.2. The topological polar surface area (TPSA) is 34.4 Å². The van der Waals surface area contributed by atoms with Crippen molar-refractivity contribution in [3.63, 3.8) is 0 Å². The van der Waals surface area contributed by atoms with Gasteiger partial charge in [-0.2, -0.15) is 0 Å². The Morgan fingerprint density at radius 3 is 2.37 bits per heavy atom. The molecule has 0 aliphatic heterocycles. The van der Waals surface area contributed by atoms with E-state index in [9.17, 15) is 5.11 Å². The molecule has 2 rings (SSSR count). The highest BCUT2D eigenvalue weighted by atomic mass is 16.5. The van der Waals surface area contributed by atoms with Crippen molar-refractivity contribution in [2.75, 3.05) is 7.11 Å². The second kappa shape index (κ2) is 5.10. The van der Waals surface area contributed by atoms with E-state index in [0.717, 1.165) is 28.3 Å². The molecule has 1 aromatic heterocycles. The van der Waals surface area contributed by atoms with Crippen molar-refractivity contribution < 1.29 is 9.84 Å². The molecule has 0 aliphatic carbocycles. The first-order valence-electron chi connectivity index (χ1n) is 6.41. The molecule has 0 radical (unpaired) electrons. The van der Waals surface area contributed by atoms with Crippen molar-refractivity contribution in [3.05, 3.63) is 40.6 Å². The summed E-state index contributed by atoms with van der Waals surface area (Å²) in [6.45, 7) is 6.28. The second-order valence-corrected chi connectivity index (χ2v) is 4.92. The minimum absolute atomic E-state index is 0.0772. The molecule has 19 heavy (non-hydrogen) atoms. The summed E-state index contributed by atoms with van der Waals surface area (Å²) in [5.41, 5.74) is 6.76. The van der Waals surface area contributed by atoms with Crippen LogP contribution in [0.5, 0.6) is 5.75 Å². The quantitative estimate of drug-likeness (QED) is 0.919. The lowest BCUT2D eigenvalue weighted by Gasteiger charge is -2.13. The van der Waals surface area contributed by atoms with Crippen molar-refractivity contribution in [1.29, 1.82) is 0 Å². The predicted molar refractivity (Wildman–Crippen MR) is 77.5 cm³/mol. The van der Waals surface area contributed by atoms with Gasteiger partial charge in [0.05, 0.1) is 13.7 Å². The monoisotopic (exact) mass is 259 g/mol. The highest BCUT2D eigenvalue weighted by Crippen LogP contribution is 2.32. The normalized spacial score (nSPS) is 10.8. The molecule has 0 spiro atoms. The lowest BCUT2D eigenvalue weighted by atomic mass is 10.00. The van der Waals surface area contributed by atoms with Crippen molar-refractivity contribution in [2.45, 2.75) is 27.4 Å². The van der Waals surface area contributed by atoms with Gasteiger partial charge in [-0.25, -0.2) is 0 Å². The van der Waals surface area contributed by atoms with Crippen LogP contribution in [-0.2, 0) is 13.7 Å². The third kappa shape index (κ3) is 2.15. The van der Waals surface area contributed by atoms with Crippen LogP contribution in [0.4, 0.5) is 0 Å². The van der Waals surface area contributed by atoms with Crippen molar-refractivity contribution in [3.8, 4) is 17.0 Å². The van der Waals surface area contributed by atoms with Gasteiger partial charge in [-0.3, -0.25) is 0 Å². The zero-order chi connectivity index (χ0) is 14.2. The Hall–Kier alpha value is -1.74. The van der Waals surface area contributed by atoms with Crippen LogP contribution in [0.1, 0.15) is 22.4 Å².